The van der Waals surface area contributed by atoms with Crippen LogP contribution in [0.15, 0.2) is 18.2 Å². The van der Waals surface area contributed by atoms with Crippen LogP contribution in [0.25, 0.3) is 10.9 Å². The molecule has 0 saturated heterocycles. The highest BCUT2D eigenvalue weighted by atomic mass is 19.1. The molecule has 2 rings (SSSR count). The van der Waals surface area contributed by atoms with Crippen LogP contribution in [0.5, 0.6) is 0 Å². The van der Waals surface area contributed by atoms with E-state index in [0.29, 0.717) is 5.56 Å². The predicted octanol–water partition coefficient (Wildman–Crippen LogP) is 3.42. The lowest BCUT2D eigenvalue weighted by Gasteiger charge is -2.10. The Morgan fingerprint density at radius 1 is 1.31 bits per heavy atom. The van der Waals surface area contributed by atoms with Crippen molar-refractivity contribution < 1.29 is 4.39 Å². The van der Waals surface area contributed by atoms with E-state index in [9.17, 15) is 4.39 Å². The fourth-order valence-corrected chi connectivity index (χ4v) is 1.87. The number of nitrogens with zero attached hydrogens (tertiary/aromatic N) is 1. The Labute approximate surface area is 94.5 Å². The van der Waals surface area contributed by atoms with Crippen LogP contribution < -0.4 is 5.32 Å². The van der Waals surface area contributed by atoms with Gasteiger partial charge < -0.3 is 5.32 Å². The van der Waals surface area contributed by atoms with Gasteiger partial charge in [-0.1, -0.05) is 0 Å². The second-order valence-corrected chi connectivity index (χ2v) is 3.91. The summed E-state index contributed by atoms with van der Waals surface area (Å²) in [7, 11) is 0. The quantitative estimate of drug-likeness (QED) is 0.835. The van der Waals surface area contributed by atoms with Gasteiger partial charge in [0.1, 0.15) is 5.82 Å². The van der Waals surface area contributed by atoms with E-state index in [0.717, 1.165) is 28.8 Å². The summed E-state index contributed by atoms with van der Waals surface area (Å²) in [5, 5.41) is 4.25. The molecule has 0 aliphatic carbocycles. The van der Waals surface area contributed by atoms with Crippen molar-refractivity contribution in [3.8, 4) is 0 Å². The maximum atomic E-state index is 13.4. The number of aryl methyl sites for hydroxylation is 2. The number of hydrogen-bond donors (Lipinski definition) is 1. The molecule has 0 atom stereocenters. The van der Waals surface area contributed by atoms with Crippen LogP contribution in [-0.2, 0) is 0 Å². The number of fused-ring (bicyclic) bond motifs is 1. The molecular weight excluding hydrogens is 203 g/mol. The van der Waals surface area contributed by atoms with Crippen molar-refractivity contribution in [1.82, 2.24) is 4.98 Å². The maximum absolute atomic E-state index is 13.4. The summed E-state index contributed by atoms with van der Waals surface area (Å²) in [5.41, 5.74) is 3.28. The summed E-state index contributed by atoms with van der Waals surface area (Å²) in [4.78, 5) is 4.40. The van der Waals surface area contributed by atoms with Crippen molar-refractivity contribution >= 4 is 16.6 Å². The molecule has 16 heavy (non-hydrogen) atoms. The first-order valence-corrected chi connectivity index (χ1v) is 5.43. The topological polar surface area (TPSA) is 24.9 Å². The first kappa shape index (κ1) is 10.9. The van der Waals surface area contributed by atoms with E-state index in [4.69, 9.17) is 0 Å². The molecule has 1 aromatic carbocycles. The fraction of sp³-hybridized carbons (Fsp3) is 0.308. The standard InChI is InChI=1S/C13H15FN2/c1-4-15-12-7-8(2)16-13-9(3)11(14)6-5-10(12)13/h5-7H,4H2,1-3H3,(H,15,16). The SMILES string of the molecule is CCNc1cc(C)nc2c(C)c(F)ccc12. The number of rotatable bonds is 2. The third kappa shape index (κ3) is 1.73. The Hall–Kier alpha value is -1.64. The molecule has 0 bridgehead atoms. The van der Waals surface area contributed by atoms with Gasteiger partial charge in [0.05, 0.1) is 5.52 Å². The van der Waals surface area contributed by atoms with Gasteiger partial charge >= 0.3 is 0 Å². The number of pyridine rings is 1. The highest BCUT2D eigenvalue weighted by Crippen LogP contribution is 2.26. The average Bonchev–Trinajstić information content (AvgIpc) is 2.24. The largest absolute Gasteiger partial charge is 0.385 e. The lowest BCUT2D eigenvalue weighted by Crippen LogP contribution is -2.00. The van der Waals surface area contributed by atoms with Gasteiger partial charge in [-0.05, 0) is 39.0 Å². The van der Waals surface area contributed by atoms with Crippen molar-refractivity contribution in [2.75, 3.05) is 11.9 Å². The molecule has 0 aliphatic rings. The Morgan fingerprint density at radius 3 is 2.75 bits per heavy atom. The molecule has 0 aliphatic heterocycles. The van der Waals surface area contributed by atoms with Gasteiger partial charge in [0.2, 0.25) is 0 Å². The first-order valence-electron chi connectivity index (χ1n) is 5.43. The van der Waals surface area contributed by atoms with Gasteiger partial charge in [-0.15, -0.1) is 0 Å². The number of halogens is 1. The molecule has 0 saturated carbocycles. The molecule has 1 aromatic heterocycles. The zero-order valence-electron chi connectivity index (χ0n) is 9.76. The molecule has 0 fully saturated rings. The predicted molar refractivity (Wildman–Crippen MR) is 65.3 cm³/mol. The average molecular weight is 218 g/mol. The highest BCUT2D eigenvalue weighted by Gasteiger charge is 2.08. The Morgan fingerprint density at radius 2 is 2.06 bits per heavy atom. The van der Waals surface area contributed by atoms with E-state index >= 15 is 0 Å². The summed E-state index contributed by atoms with van der Waals surface area (Å²) in [5.74, 6) is -0.201. The Bertz CT molecular complexity index is 535. The lowest BCUT2D eigenvalue weighted by molar-refractivity contribution is 0.620. The molecule has 84 valence electrons. The van der Waals surface area contributed by atoms with Crippen LogP contribution in [-0.4, -0.2) is 11.5 Å². The lowest BCUT2D eigenvalue weighted by atomic mass is 10.1. The van der Waals surface area contributed by atoms with E-state index in [1.54, 1.807) is 13.0 Å². The number of anilines is 1. The second-order valence-electron chi connectivity index (χ2n) is 3.91. The van der Waals surface area contributed by atoms with Crippen LogP contribution >= 0.6 is 0 Å². The summed E-state index contributed by atoms with van der Waals surface area (Å²) in [6, 6.07) is 5.26. The highest BCUT2D eigenvalue weighted by molar-refractivity contribution is 5.93. The molecule has 1 N–H and O–H groups in total. The van der Waals surface area contributed by atoms with E-state index < -0.39 is 0 Å². The van der Waals surface area contributed by atoms with Gasteiger partial charge in [-0.2, -0.15) is 0 Å². The van der Waals surface area contributed by atoms with Gasteiger partial charge in [-0.3, -0.25) is 4.98 Å². The minimum atomic E-state index is -0.201. The van der Waals surface area contributed by atoms with E-state index in [1.165, 1.54) is 6.07 Å². The number of hydrogen-bond acceptors (Lipinski definition) is 2. The molecule has 0 radical (unpaired) electrons. The Balaban J connectivity index is 2.78. The number of aromatic nitrogens is 1. The van der Waals surface area contributed by atoms with Crippen LogP contribution in [0.1, 0.15) is 18.2 Å². The molecule has 0 amide bonds. The van der Waals surface area contributed by atoms with E-state index in [-0.39, 0.29) is 5.82 Å². The smallest absolute Gasteiger partial charge is 0.128 e. The monoisotopic (exact) mass is 218 g/mol. The minimum Gasteiger partial charge on any atom is -0.385 e. The van der Waals surface area contributed by atoms with Crippen molar-refractivity contribution in [2.24, 2.45) is 0 Å². The molecule has 2 aromatic rings. The molecule has 0 unspecified atom stereocenters. The van der Waals surface area contributed by atoms with Gasteiger partial charge in [-0.25, -0.2) is 4.39 Å². The zero-order valence-corrected chi connectivity index (χ0v) is 9.76. The van der Waals surface area contributed by atoms with E-state index in [1.807, 2.05) is 19.9 Å². The normalized spacial score (nSPS) is 10.8. The first-order chi connectivity index (χ1) is 7.63. The maximum Gasteiger partial charge on any atom is 0.128 e. The van der Waals surface area contributed by atoms with Gasteiger partial charge in [0, 0.05) is 28.9 Å². The van der Waals surface area contributed by atoms with Crippen molar-refractivity contribution in [2.45, 2.75) is 20.8 Å². The third-order valence-corrected chi connectivity index (χ3v) is 2.66. The zero-order chi connectivity index (χ0) is 11.7. The summed E-state index contributed by atoms with van der Waals surface area (Å²) < 4.78 is 13.4. The number of nitrogens with one attached hydrogen (secondary N) is 1. The van der Waals surface area contributed by atoms with E-state index in [2.05, 4.69) is 10.3 Å². The molecular formula is C13H15FN2. The molecule has 2 nitrogen and oxygen atoms in total. The molecule has 1 heterocycles. The molecule has 3 heteroatoms. The van der Waals surface area contributed by atoms with Crippen molar-refractivity contribution in [3.63, 3.8) is 0 Å². The summed E-state index contributed by atoms with van der Waals surface area (Å²) in [6.45, 7) is 6.57. The Kier molecular flexibility index (Phi) is 2.77. The van der Waals surface area contributed by atoms with Crippen LogP contribution in [0, 0.1) is 19.7 Å². The minimum absolute atomic E-state index is 0.201. The van der Waals surface area contributed by atoms with Crippen LogP contribution in [0.4, 0.5) is 10.1 Å². The molecule has 0 spiro atoms. The second kappa shape index (κ2) is 4.08. The van der Waals surface area contributed by atoms with Gasteiger partial charge in [0.15, 0.2) is 0 Å². The third-order valence-electron chi connectivity index (χ3n) is 2.66. The van der Waals surface area contributed by atoms with Gasteiger partial charge in [0.25, 0.3) is 0 Å². The van der Waals surface area contributed by atoms with Crippen molar-refractivity contribution in [1.29, 1.82) is 0 Å². The van der Waals surface area contributed by atoms with Crippen LogP contribution in [0.2, 0.25) is 0 Å². The number of benzene rings is 1. The summed E-state index contributed by atoms with van der Waals surface area (Å²) >= 11 is 0. The van der Waals surface area contributed by atoms with Crippen molar-refractivity contribution in [3.05, 3.63) is 35.3 Å². The van der Waals surface area contributed by atoms with Crippen LogP contribution in [0.3, 0.4) is 0 Å². The fourth-order valence-electron chi connectivity index (χ4n) is 1.87. The summed E-state index contributed by atoms with van der Waals surface area (Å²) in [6.07, 6.45) is 0.